The van der Waals surface area contributed by atoms with Crippen molar-refractivity contribution in [1.29, 1.82) is 0 Å². The third kappa shape index (κ3) is 3.55. The summed E-state index contributed by atoms with van der Waals surface area (Å²) in [4.78, 5) is 15.2. The first kappa shape index (κ1) is 16.6. The van der Waals surface area contributed by atoms with E-state index in [4.69, 9.17) is 4.74 Å². The molecule has 1 aromatic heterocycles. The Morgan fingerprint density at radius 1 is 1.04 bits per heavy atom. The van der Waals surface area contributed by atoms with E-state index in [1.54, 1.807) is 0 Å². The average Bonchev–Trinajstić information content (AvgIpc) is 3.40. The molecule has 0 N–H and O–H groups in total. The van der Waals surface area contributed by atoms with Crippen LogP contribution in [0.1, 0.15) is 16.8 Å². The summed E-state index contributed by atoms with van der Waals surface area (Å²) in [7, 11) is 0. The van der Waals surface area contributed by atoms with E-state index in [1.165, 1.54) is 0 Å². The standard InChI is InChI=1S/C22H22N2O2/c25-22(19-7-6-10-21(15-19)23-12-4-5-13-23)24(16-18-11-14-26-17-18)20-8-2-1-3-9-20/h1-10,12-13,15,18H,11,14,16-17H2. The first-order valence-corrected chi connectivity index (χ1v) is 8.99. The first-order valence-electron chi connectivity index (χ1n) is 8.99. The Morgan fingerprint density at radius 3 is 2.58 bits per heavy atom. The number of aromatic nitrogens is 1. The van der Waals surface area contributed by atoms with Gasteiger partial charge in [0, 0.05) is 48.4 Å². The summed E-state index contributed by atoms with van der Waals surface area (Å²) in [5.41, 5.74) is 2.60. The van der Waals surface area contributed by atoms with Gasteiger partial charge in [0.15, 0.2) is 0 Å². The van der Waals surface area contributed by atoms with Gasteiger partial charge in [0.25, 0.3) is 5.91 Å². The Hall–Kier alpha value is -2.85. The van der Waals surface area contributed by atoms with E-state index in [0.717, 1.165) is 31.0 Å². The minimum atomic E-state index is 0.0251. The fraction of sp³-hybridized carbons (Fsp3) is 0.227. The zero-order chi connectivity index (χ0) is 17.8. The number of ether oxygens (including phenoxy) is 1. The molecule has 4 rings (SSSR count). The zero-order valence-electron chi connectivity index (χ0n) is 14.6. The van der Waals surface area contributed by atoms with Gasteiger partial charge < -0.3 is 14.2 Å². The molecular formula is C22H22N2O2. The number of para-hydroxylation sites is 1. The highest BCUT2D eigenvalue weighted by Crippen LogP contribution is 2.23. The molecule has 1 fully saturated rings. The molecule has 132 valence electrons. The molecule has 0 aliphatic carbocycles. The molecule has 2 heterocycles. The minimum Gasteiger partial charge on any atom is -0.381 e. The molecule has 1 aliphatic rings. The molecule has 4 nitrogen and oxygen atoms in total. The van der Waals surface area contributed by atoms with Crippen LogP contribution in [0.2, 0.25) is 0 Å². The Bertz CT molecular complexity index is 853. The van der Waals surface area contributed by atoms with Crippen molar-refractivity contribution in [1.82, 2.24) is 4.57 Å². The van der Waals surface area contributed by atoms with Gasteiger partial charge in [-0.25, -0.2) is 0 Å². The topological polar surface area (TPSA) is 34.5 Å². The van der Waals surface area contributed by atoms with E-state index in [9.17, 15) is 4.79 Å². The van der Waals surface area contributed by atoms with Crippen molar-refractivity contribution >= 4 is 11.6 Å². The molecule has 1 saturated heterocycles. The number of hydrogen-bond donors (Lipinski definition) is 0. The van der Waals surface area contributed by atoms with E-state index in [2.05, 4.69) is 0 Å². The Balaban J connectivity index is 1.64. The van der Waals surface area contributed by atoms with Crippen LogP contribution in [-0.2, 0) is 4.74 Å². The van der Waals surface area contributed by atoms with E-state index < -0.39 is 0 Å². The SMILES string of the molecule is O=C(c1cccc(-n2cccc2)c1)N(CC1CCOC1)c1ccccc1. The number of anilines is 1. The van der Waals surface area contributed by atoms with Gasteiger partial charge in [-0.3, -0.25) is 4.79 Å². The number of carbonyl (C=O) groups is 1. The van der Waals surface area contributed by atoms with Crippen molar-refractivity contribution < 1.29 is 9.53 Å². The fourth-order valence-corrected chi connectivity index (χ4v) is 3.36. The summed E-state index contributed by atoms with van der Waals surface area (Å²) < 4.78 is 7.51. The molecule has 0 radical (unpaired) electrons. The molecule has 1 unspecified atom stereocenters. The summed E-state index contributed by atoms with van der Waals surface area (Å²) in [6.45, 7) is 2.18. The summed E-state index contributed by atoms with van der Waals surface area (Å²) in [5.74, 6) is 0.406. The third-order valence-corrected chi connectivity index (χ3v) is 4.77. The van der Waals surface area contributed by atoms with Crippen molar-refractivity contribution in [2.45, 2.75) is 6.42 Å². The average molecular weight is 346 g/mol. The molecular weight excluding hydrogens is 324 g/mol. The summed E-state index contributed by atoms with van der Waals surface area (Å²) in [6, 6.07) is 21.6. The van der Waals surface area contributed by atoms with Crippen LogP contribution in [0.3, 0.4) is 0 Å². The van der Waals surface area contributed by atoms with Crippen molar-refractivity contribution in [2.75, 3.05) is 24.7 Å². The molecule has 1 amide bonds. The van der Waals surface area contributed by atoms with Crippen LogP contribution in [0.5, 0.6) is 0 Å². The van der Waals surface area contributed by atoms with Crippen LogP contribution in [0.25, 0.3) is 5.69 Å². The van der Waals surface area contributed by atoms with E-state index in [0.29, 0.717) is 18.0 Å². The predicted octanol–water partition coefficient (Wildman–Crippen LogP) is 4.16. The molecule has 3 aromatic rings. The van der Waals surface area contributed by atoms with Crippen LogP contribution in [0.15, 0.2) is 79.1 Å². The Morgan fingerprint density at radius 2 is 1.85 bits per heavy atom. The second kappa shape index (κ2) is 7.58. The number of carbonyl (C=O) groups excluding carboxylic acids is 1. The van der Waals surface area contributed by atoms with Gasteiger partial charge >= 0.3 is 0 Å². The molecule has 1 aliphatic heterocycles. The summed E-state index contributed by atoms with van der Waals surface area (Å²) in [5, 5.41) is 0. The van der Waals surface area contributed by atoms with Crippen molar-refractivity contribution in [2.24, 2.45) is 5.92 Å². The third-order valence-electron chi connectivity index (χ3n) is 4.77. The van der Waals surface area contributed by atoms with Crippen LogP contribution in [0.4, 0.5) is 5.69 Å². The molecule has 0 saturated carbocycles. The molecule has 26 heavy (non-hydrogen) atoms. The quantitative estimate of drug-likeness (QED) is 0.695. The first-order chi connectivity index (χ1) is 12.8. The Kier molecular flexibility index (Phi) is 4.84. The van der Waals surface area contributed by atoms with Gasteiger partial charge in [-0.2, -0.15) is 0 Å². The number of rotatable bonds is 5. The Labute approximate surface area is 153 Å². The van der Waals surface area contributed by atoms with Crippen LogP contribution in [0, 0.1) is 5.92 Å². The second-order valence-corrected chi connectivity index (χ2v) is 6.62. The normalized spacial score (nSPS) is 16.5. The molecule has 0 bridgehead atoms. The van der Waals surface area contributed by atoms with Gasteiger partial charge in [0.05, 0.1) is 6.61 Å². The summed E-state index contributed by atoms with van der Waals surface area (Å²) >= 11 is 0. The highest BCUT2D eigenvalue weighted by atomic mass is 16.5. The number of nitrogens with zero attached hydrogens (tertiary/aromatic N) is 2. The predicted molar refractivity (Wildman–Crippen MR) is 103 cm³/mol. The number of benzene rings is 2. The van der Waals surface area contributed by atoms with Gasteiger partial charge in [-0.05, 0) is 48.9 Å². The van der Waals surface area contributed by atoms with Crippen LogP contribution in [-0.4, -0.2) is 30.2 Å². The van der Waals surface area contributed by atoms with E-state index >= 15 is 0 Å². The zero-order valence-corrected chi connectivity index (χ0v) is 14.6. The number of hydrogen-bond acceptors (Lipinski definition) is 2. The lowest BCUT2D eigenvalue weighted by Gasteiger charge is -2.25. The smallest absolute Gasteiger partial charge is 0.258 e. The van der Waals surface area contributed by atoms with Crippen LogP contribution < -0.4 is 4.90 Å². The second-order valence-electron chi connectivity index (χ2n) is 6.62. The van der Waals surface area contributed by atoms with Crippen molar-refractivity contribution in [3.8, 4) is 5.69 Å². The van der Waals surface area contributed by atoms with Gasteiger partial charge in [0.1, 0.15) is 0 Å². The van der Waals surface area contributed by atoms with Gasteiger partial charge in [0.2, 0.25) is 0 Å². The lowest BCUT2D eigenvalue weighted by Crippen LogP contribution is -2.35. The van der Waals surface area contributed by atoms with E-state index in [1.807, 2.05) is 88.6 Å². The molecule has 2 aromatic carbocycles. The highest BCUT2D eigenvalue weighted by molar-refractivity contribution is 6.06. The van der Waals surface area contributed by atoms with E-state index in [-0.39, 0.29) is 5.91 Å². The molecule has 4 heteroatoms. The van der Waals surface area contributed by atoms with Crippen molar-refractivity contribution in [3.63, 3.8) is 0 Å². The van der Waals surface area contributed by atoms with Crippen LogP contribution >= 0.6 is 0 Å². The minimum absolute atomic E-state index is 0.0251. The maximum absolute atomic E-state index is 13.3. The highest BCUT2D eigenvalue weighted by Gasteiger charge is 2.24. The van der Waals surface area contributed by atoms with Gasteiger partial charge in [-0.1, -0.05) is 24.3 Å². The van der Waals surface area contributed by atoms with Gasteiger partial charge in [-0.15, -0.1) is 0 Å². The lowest BCUT2D eigenvalue weighted by atomic mass is 10.1. The lowest BCUT2D eigenvalue weighted by molar-refractivity contribution is 0.0981. The molecule has 1 atom stereocenters. The fourth-order valence-electron chi connectivity index (χ4n) is 3.36. The summed E-state index contributed by atoms with van der Waals surface area (Å²) in [6.07, 6.45) is 4.96. The largest absolute Gasteiger partial charge is 0.381 e. The van der Waals surface area contributed by atoms with Crippen molar-refractivity contribution in [3.05, 3.63) is 84.7 Å². The number of amides is 1. The maximum atomic E-state index is 13.3. The maximum Gasteiger partial charge on any atom is 0.258 e. The molecule has 0 spiro atoms. The monoisotopic (exact) mass is 346 g/mol.